The molecule has 0 aliphatic carbocycles. The Labute approximate surface area is 221 Å². The minimum atomic E-state index is -0.265. The van der Waals surface area contributed by atoms with Crippen LogP contribution >= 0.6 is 0 Å². The van der Waals surface area contributed by atoms with Crippen molar-refractivity contribution in [1.29, 1.82) is 0 Å². The van der Waals surface area contributed by atoms with Crippen LogP contribution in [0.1, 0.15) is 61.8 Å². The molecule has 0 bridgehead atoms. The van der Waals surface area contributed by atoms with Gasteiger partial charge in [0.1, 0.15) is 11.6 Å². The highest BCUT2D eigenvalue weighted by molar-refractivity contribution is 5.83. The summed E-state index contributed by atoms with van der Waals surface area (Å²) in [5, 5.41) is 0. The molecule has 1 saturated heterocycles. The van der Waals surface area contributed by atoms with E-state index in [2.05, 4.69) is 36.1 Å². The molecule has 3 aromatic carbocycles. The molecule has 0 N–H and O–H groups in total. The molecule has 1 heterocycles. The van der Waals surface area contributed by atoms with Crippen LogP contribution in [0, 0.1) is 5.82 Å². The number of ether oxygens (including phenoxy) is 1. The molecule has 4 nitrogen and oxygen atoms in total. The third-order valence-corrected chi connectivity index (χ3v) is 7.40. The lowest BCUT2D eigenvalue weighted by Gasteiger charge is -2.42. The number of hydrogen-bond donors (Lipinski definition) is 0. The van der Waals surface area contributed by atoms with Gasteiger partial charge >= 0.3 is 0 Å². The highest BCUT2D eigenvalue weighted by Gasteiger charge is 2.36. The van der Waals surface area contributed by atoms with E-state index in [0.29, 0.717) is 13.0 Å². The van der Waals surface area contributed by atoms with Crippen LogP contribution in [0.2, 0.25) is 0 Å². The summed E-state index contributed by atoms with van der Waals surface area (Å²) in [5.41, 5.74) is 3.21. The summed E-state index contributed by atoms with van der Waals surface area (Å²) in [5.74, 6) is 0.679. The van der Waals surface area contributed by atoms with Crippen molar-refractivity contribution in [3.63, 3.8) is 0 Å². The average molecular weight is 503 g/mol. The smallest absolute Gasteiger partial charge is 0.241 e. The quantitative estimate of drug-likeness (QED) is 0.286. The summed E-state index contributed by atoms with van der Waals surface area (Å²) in [6.07, 6.45) is 5.97. The van der Waals surface area contributed by atoms with Gasteiger partial charge in [0.05, 0.1) is 19.2 Å². The molecule has 3 aromatic rings. The van der Waals surface area contributed by atoms with E-state index in [1.165, 1.54) is 17.7 Å². The van der Waals surface area contributed by atoms with E-state index in [0.717, 1.165) is 62.1 Å². The number of carbonyl (C=O) groups excluding carboxylic acids is 1. The highest BCUT2D eigenvalue weighted by Crippen LogP contribution is 2.33. The number of amides is 1. The van der Waals surface area contributed by atoms with Crippen molar-refractivity contribution in [1.82, 2.24) is 9.80 Å². The first-order valence-corrected chi connectivity index (χ1v) is 13.6. The zero-order valence-electron chi connectivity index (χ0n) is 22.1. The minimum absolute atomic E-state index is 0.0560. The Morgan fingerprint density at radius 1 is 0.919 bits per heavy atom. The topological polar surface area (TPSA) is 32.8 Å². The van der Waals surface area contributed by atoms with Gasteiger partial charge < -0.3 is 9.64 Å². The van der Waals surface area contributed by atoms with Crippen LogP contribution in [0.25, 0.3) is 0 Å². The molecule has 1 aliphatic rings. The van der Waals surface area contributed by atoms with Crippen molar-refractivity contribution in [3.05, 3.63) is 101 Å². The van der Waals surface area contributed by atoms with Gasteiger partial charge in [0, 0.05) is 6.54 Å². The van der Waals surface area contributed by atoms with E-state index >= 15 is 0 Å². The van der Waals surface area contributed by atoms with E-state index in [4.69, 9.17) is 4.74 Å². The van der Waals surface area contributed by atoms with Gasteiger partial charge in [-0.2, -0.15) is 0 Å². The van der Waals surface area contributed by atoms with Gasteiger partial charge in [0.2, 0.25) is 5.91 Å². The third-order valence-electron chi connectivity index (χ3n) is 7.40. The summed E-state index contributed by atoms with van der Waals surface area (Å²) in [4.78, 5) is 19.0. The highest BCUT2D eigenvalue weighted by atomic mass is 19.1. The average Bonchev–Trinajstić information content (AvgIpc) is 2.93. The van der Waals surface area contributed by atoms with Crippen LogP contribution < -0.4 is 4.74 Å². The molecule has 196 valence electrons. The summed E-state index contributed by atoms with van der Waals surface area (Å²) in [6.45, 7) is 4.49. The van der Waals surface area contributed by atoms with Gasteiger partial charge in [0.15, 0.2) is 0 Å². The largest absolute Gasteiger partial charge is 0.497 e. The van der Waals surface area contributed by atoms with Crippen LogP contribution in [0.4, 0.5) is 4.39 Å². The van der Waals surface area contributed by atoms with Crippen LogP contribution in [-0.2, 0) is 17.8 Å². The predicted octanol–water partition coefficient (Wildman–Crippen LogP) is 6.80. The van der Waals surface area contributed by atoms with Crippen LogP contribution in [-0.4, -0.2) is 41.9 Å². The van der Waals surface area contributed by atoms with Gasteiger partial charge in [-0.3, -0.25) is 9.69 Å². The summed E-state index contributed by atoms with van der Waals surface area (Å²) >= 11 is 0. The second kappa shape index (κ2) is 13.4. The molecule has 0 unspecified atom stereocenters. The monoisotopic (exact) mass is 502 g/mol. The van der Waals surface area contributed by atoms with Crippen molar-refractivity contribution in [2.45, 2.75) is 64.1 Å². The number of unbranched alkanes of at least 4 members (excludes halogenated alkanes) is 2. The minimum Gasteiger partial charge on any atom is -0.497 e. The van der Waals surface area contributed by atoms with Gasteiger partial charge in [-0.15, -0.1) is 0 Å². The summed E-state index contributed by atoms with van der Waals surface area (Å²) in [7, 11) is 1.66. The number of benzene rings is 3. The zero-order chi connectivity index (χ0) is 26.0. The van der Waals surface area contributed by atoms with Crippen molar-refractivity contribution < 1.29 is 13.9 Å². The van der Waals surface area contributed by atoms with Gasteiger partial charge in [-0.25, -0.2) is 4.39 Å². The van der Waals surface area contributed by atoms with E-state index in [1.807, 2.05) is 35.2 Å². The van der Waals surface area contributed by atoms with Crippen molar-refractivity contribution in [2.24, 2.45) is 0 Å². The molecule has 5 heteroatoms. The first-order valence-electron chi connectivity index (χ1n) is 13.6. The van der Waals surface area contributed by atoms with Crippen molar-refractivity contribution >= 4 is 5.91 Å². The van der Waals surface area contributed by atoms with Crippen molar-refractivity contribution in [2.75, 3.05) is 20.2 Å². The maximum absolute atomic E-state index is 14.5. The fourth-order valence-corrected chi connectivity index (χ4v) is 5.33. The number of hydrogen-bond acceptors (Lipinski definition) is 3. The lowest BCUT2D eigenvalue weighted by molar-refractivity contribution is -0.142. The number of methoxy groups -OCH3 is 1. The van der Waals surface area contributed by atoms with Crippen molar-refractivity contribution in [3.8, 4) is 5.75 Å². The van der Waals surface area contributed by atoms with E-state index in [-0.39, 0.29) is 23.8 Å². The molecular weight excluding hydrogens is 463 g/mol. The van der Waals surface area contributed by atoms with Gasteiger partial charge in [-0.05, 0) is 79.7 Å². The standard InChI is InChI=1S/C32H39FN2O2/c1-3-4-8-21-34-22-9-12-30(27-15-19-29(37-2)20-16-27)35(24-26-13-17-28(33)18-14-26)32(36)31(34)23-25-10-6-5-7-11-25/h5-7,10-11,13-20,30-31H,3-4,8-9,12,21-24H2,1-2H3/t30-,31-/m1/s1. The molecular formula is C32H39FN2O2. The Hall–Kier alpha value is -3.18. The Balaban J connectivity index is 1.70. The summed E-state index contributed by atoms with van der Waals surface area (Å²) < 4.78 is 19.1. The molecule has 4 rings (SSSR count). The normalized spacial score (nSPS) is 18.9. The SMILES string of the molecule is CCCCCN1CCC[C@H](c2ccc(OC)cc2)N(Cc2ccc(F)cc2)C(=O)[C@H]1Cc1ccccc1. The third kappa shape index (κ3) is 7.20. The fourth-order valence-electron chi connectivity index (χ4n) is 5.33. The van der Waals surface area contributed by atoms with Crippen LogP contribution in [0.3, 0.4) is 0 Å². The predicted molar refractivity (Wildman–Crippen MR) is 147 cm³/mol. The lowest BCUT2D eigenvalue weighted by atomic mass is 9.94. The number of carbonyl (C=O) groups is 1. The maximum atomic E-state index is 14.5. The molecule has 37 heavy (non-hydrogen) atoms. The number of nitrogens with zero attached hydrogens (tertiary/aromatic N) is 2. The molecule has 1 amide bonds. The van der Waals surface area contributed by atoms with Gasteiger partial charge in [-0.1, -0.05) is 74.4 Å². The van der Waals surface area contributed by atoms with E-state index in [1.54, 1.807) is 19.2 Å². The molecule has 0 spiro atoms. The lowest BCUT2D eigenvalue weighted by Crippen LogP contribution is -2.52. The molecule has 2 atom stereocenters. The van der Waals surface area contributed by atoms with E-state index < -0.39 is 0 Å². The summed E-state index contributed by atoms with van der Waals surface area (Å²) in [6, 6.07) is 24.6. The fraction of sp³-hybridized carbons (Fsp3) is 0.406. The zero-order valence-corrected chi connectivity index (χ0v) is 22.1. The maximum Gasteiger partial charge on any atom is 0.241 e. The Morgan fingerprint density at radius 2 is 1.65 bits per heavy atom. The Kier molecular flexibility index (Phi) is 9.72. The Morgan fingerprint density at radius 3 is 2.32 bits per heavy atom. The first-order chi connectivity index (χ1) is 18.1. The number of halogens is 1. The molecule has 1 aliphatic heterocycles. The Bertz CT molecular complexity index is 1100. The molecule has 1 fully saturated rings. The van der Waals surface area contributed by atoms with Gasteiger partial charge in [0.25, 0.3) is 0 Å². The van der Waals surface area contributed by atoms with E-state index in [9.17, 15) is 9.18 Å². The molecule has 0 saturated carbocycles. The van der Waals surface area contributed by atoms with Crippen LogP contribution in [0.5, 0.6) is 5.75 Å². The molecule has 0 aromatic heterocycles. The first kappa shape index (κ1) is 26.9. The second-order valence-electron chi connectivity index (χ2n) is 9.97. The molecule has 0 radical (unpaired) electrons. The number of rotatable bonds is 10. The second-order valence-corrected chi connectivity index (χ2v) is 9.97. The van der Waals surface area contributed by atoms with Crippen LogP contribution in [0.15, 0.2) is 78.9 Å².